The lowest BCUT2D eigenvalue weighted by Crippen LogP contribution is -2.16. The van der Waals surface area contributed by atoms with Crippen LogP contribution in [0.25, 0.3) is 16.9 Å². The lowest BCUT2D eigenvalue weighted by Gasteiger charge is -2.11. The third kappa shape index (κ3) is 4.33. The molecule has 3 aromatic rings. The third-order valence-electron chi connectivity index (χ3n) is 3.62. The SMILES string of the molecule is Nc1cc(-c2ccc(OC(F)(F)F)cc2)nn1-c1cc(C(F)(F)F)ccc1Cl. The van der Waals surface area contributed by atoms with E-state index in [2.05, 4.69) is 9.84 Å². The fourth-order valence-corrected chi connectivity index (χ4v) is 2.61. The highest BCUT2D eigenvalue weighted by atomic mass is 35.5. The minimum absolute atomic E-state index is 0.00755. The van der Waals surface area contributed by atoms with Crippen LogP contribution in [-0.2, 0) is 6.18 Å². The molecule has 2 N–H and O–H groups in total. The number of alkyl halides is 6. The first-order valence-electron chi connectivity index (χ1n) is 7.53. The van der Waals surface area contributed by atoms with E-state index in [1.165, 1.54) is 18.2 Å². The predicted octanol–water partition coefficient (Wildman–Crippen LogP) is 5.69. The summed E-state index contributed by atoms with van der Waals surface area (Å²) in [5.41, 5.74) is 5.42. The van der Waals surface area contributed by atoms with Gasteiger partial charge >= 0.3 is 12.5 Å². The van der Waals surface area contributed by atoms with Crippen LogP contribution >= 0.6 is 11.6 Å². The molecular formula is C17H10ClF6N3O. The summed E-state index contributed by atoms with van der Waals surface area (Å²) in [5, 5.41) is 4.10. The molecule has 3 rings (SSSR count). The third-order valence-corrected chi connectivity index (χ3v) is 3.94. The summed E-state index contributed by atoms with van der Waals surface area (Å²) in [6.07, 6.45) is -9.41. The van der Waals surface area contributed by atoms with Crippen LogP contribution in [0.5, 0.6) is 5.75 Å². The summed E-state index contributed by atoms with van der Waals surface area (Å²) in [4.78, 5) is 0. The molecule has 0 aliphatic carbocycles. The van der Waals surface area contributed by atoms with Crippen LogP contribution in [0.2, 0.25) is 5.02 Å². The molecule has 0 unspecified atom stereocenters. The molecule has 0 fully saturated rings. The molecule has 1 aromatic heterocycles. The molecule has 0 aliphatic rings. The second kappa shape index (κ2) is 6.93. The number of anilines is 1. The first kappa shape index (κ1) is 19.9. The van der Waals surface area contributed by atoms with Gasteiger partial charge in [0.1, 0.15) is 11.6 Å². The van der Waals surface area contributed by atoms with E-state index in [0.717, 1.165) is 35.0 Å². The van der Waals surface area contributed by atoms with Gasteiger partial charge in [-0.1, -0.05) is 11.6 Å². The van der Waals surface area contributed by atoms with Crippen molar-refractivity contribution in [1.29, 1.82) is 0 Å². The van der Waals surface area contributed by atoms with E-state index in [-0.39, 0.29) is 22.2 Å². The number of nitrogen functional groups attached to an aromatic ring is 1. The largest absolute Gasteiger partial charge is 0.573 e. The van der Waals surface area contributed by atoms with Crippen LogP contribution in [-0.4, -0.2) is 16.1 Å². The molecule has 0 atom stereocenters. The molecule has 0 spiro atoms. The molecule has 11 heteroatoms. The minimum Gasteiger partial charge on any atom is -0.406 e. The summed E-state index contributed by atoms with van der Waals surface area (Å²) in [5.74, 6) is -0.434. The van der Waals surface area contributed by atoms with Crippen LogP contribution in [0.15, 0.2) is 48.5 Å². The van der Waals surface area contributed by atoms with Gasteiger partial charge in [-0.25, -0.2) is 4.68 Å². The van der Waals surface area contributed by atoms with Gasteiger partial charge in [-0.2, -0.15) is 18.3 Å². The van der Waals surface area contributed by atoms with E-state index in [1.807, 2.05) is 0 Å². The van der Waals surface area contributed by atoms with Crippen molar-refractivity contribution >= 4 is 17.4 Å². The molecule has 0 saturated carbocycles. The van der Waals surface area contributed by atoms with E-state index in [9.17, 15) is 26.3 Å². The first-order valence-corrected chi connectivity index (χ1v) is 7.91. The maximum atomic E-state index is 12.9. The van der Waals surface area contributed by atoms with E-state index in [1.54, 1.807) is 0 Å². The van der Waals surface area contributed by atoms with Crippen LogP contribution < -0.4 is 10.5 Å². The van der Waals surface area contributed by atoms with Crippen molar-refractivity contribution in [3.63, 3.8) is 0 Å². The fourth-order valence-electron chi connectivity index (χ4n) is 2.41. The van der Waals surface area contributed by atoms with Gasteiger partial charge in [-0.3, -0.25) is 0 Å². The molecule has 0 saturated heterocycles. The van der Waals surface area contributed by atoms with Gasteiger partial charge in [0, 0.05) is 11.6 Å². The standard InChI is InChI=1S/C17H10ClF6N3O/c18-12-6-3-10(16(19,20)21)7-14(12)27-15(25)8-13(26-27)9-1-4-11(5-2-9)28-17(22,23)24/h1-8H,25H2. The molecular weight excluding hydrogens is 412 g/mol. The minimum atomic E-state index is -4.83. The number of rotatable bonds is 3. The maximum absolute atomic E-state index is 12.9. The lowest BCUT2D eigenvalue weighted by atomic mass is 10.1. The van der Waals surface area contributed by atoms with Crippen molar-refractivity contribution in [1.82, 2.24) is 9.78 Å². The molecule has 0 bridgehead atoms. The summed E-state index contributed by atoms with van der Waals surface area (Å²) < 4.78 is 80.3. The van der Waals surface area contributed by atoms with Crippen molar-refractivity contribution in [3.8, 4) is 22.7 Å². The van der Waals surface area contributed by atoms with Gasteiger partial charge in [-0.05, 0) is 42.5 Å². The van der Waals surface area contributed by atoms with Gasteiger partial charge < -0.3 is 10.5 Å². The molecule has 148 valence electrons. The summed E-state index contributed by atoms with van der Waals surface area (Å²) >= 11 is 5.98. The monoisotopic (exact) mass is 421 g/mol. The van der Waals surface area contributed by atoms with Gasteiger partial charge in [0.15, 0.2) is 0 Å². The number of ether oxygens (including phenoxy) is 1. The van der Waals surface area contributed by atoms with Crippen molar-refractivity contribution in [2.45, 2.75) is 12.5 Å². The zero-order chi connectivity index (χ0) is 20.7. The maximum Gasteiger partial charge on any atom is 0.573 e. The molecule has 0 amide bonds. The van der Waals surface area contributed by atoms with Crippen molar-refractivity contribution < 1.29 is 31.1 Å². The van der Waals surface area contributed by atoms with Crippen LogP contribution in [0.3, 0.4) is 0 Å². The Kier molecular flexibility index (Phi) is 4.92. The first-order chi connectivity index (χ1) is 12.9. The van der Waals surface area contributed by atoms with Crippen LogP contribution in [0.4, 0.5) is 32.2 Å². The molecule has 0 radical (unpaired) electrons. The smallest absolute Gasteiger partial charge is 0.406 e. The number of halogens is 7. The fraction of sp³-hybridized carbons (Fsp3) is 0.118. The van der Waals surface area contributed by atoms with E-state index in [0.29, 0.717) is 5.56 Å². The van der Waals surface area contributed by atoms with Gasteiger partial charge in [-0.15, -0.1) is 13.2 Å². The number of nitrogens with zero attached hydrogens (tertiary/aromatic N) is 2. The van der Waals surface area contributed by atoms with Crippen molar-refractivity contribution in [3.05, 3.63) is 59.1 Å². The Bertz CT molecular complexity index is 996. The number of aromatic nitrogens is 2. The average Bonchev–Trinajstić information content (AvgIpc) is 2.95. The second-order valence-electron chi connectivity index (χ2n) is 5.60. The topological polar surface area (TPSA) is 53.1 Å². The van der Waals surface area contributed by atoms with Gasteiger partial charge in [0.25, 0.3) is 0 Å². The molecule has 2 aromatic carbocycles. The lowest BCUT2D eigenvalue weighted by molar-refractivity contribution is -0.274. The highest BCUT2D eigenvalue weighted by molar-refractivity contribution is 6.32. The van der Waals surface area contributed by atoms with E-state index < -0.39 is 23.9 Å². The highest BCUT2D eigenvalue weighted by Crippen LogP contribution is 2.34. The Hall–Kier alpha value is -2.88. The average molecular weight is 422 g/mol. The molecule has 28 heavy (non-hydrogen) atoms. The number of hydrogen-bond donors (Lipinski definition) is 1. The van der Waals surface area contributed by atoms with Crippen LogP contribution in [0.1, 0.15) is 5.56 Å². The molecule has 1 heterocycles. The Morgan fingerprint density at radius 3 is 2.14 bits per heavy atom. The number of benzene rings is 2. The normalized spacial score (nSPS) is 12.2. The zero-order valence-electron chi connectivity index (χ0n) is 13.6. The Morgan fingerprint density at radius 2 is 1.57 bits per heavy atom. The second-order valence-corrected chi connectivity index (χ2v) is 6.01. The van der Waals surface area contributed by atoms with Crippen molar-refractivity contribution in [2.24, 2.45) is 0 Å². The van der Waals surface area contributed by atoms with Crippen LogP contribution in [0, 0.1) is 0 Å². The number of nitrogens with two attached hydrogens (primary N) is 1. The number of hydrogen-bond acceptors (Lipinski definition) is 3. The summed E-state index contributed by atoms with van der Waals surface area (Å²) in [6.45, 7) is 0. The Labute approximate surface area is 159 Å². The van der Waals surface area contributed by atoms with E-state index >= 15 is 0 Å². The molecule has 0 aliphatic heterocycles. The van der Waals surface area contributed by atoms with Crippen molar-refractivity contribution in [2.75, 3.05) is 5.73 Å². The van der Waals surface area contributed by atoms with E-state index in [4.69, 9.17) is 17.3 Å². The van der Waals surface area contributed by atoms with Gasteiger partial charge in [0.2, 0.25) is 0 Å². The highest BCUT2D eigenvalue weighted by Gasteiger charge is 2.32. The van der Waals surface area contributed by atoms with Gasteiger partial charge in [0.05, 0.1) is 22.0 Å². The summed E-state index contributed by atoms with van der Waals surface area (Å²) in [6, 6.07) is 8.83. The summed E-state index contributed by atoms with van der Waals surface area (Å²) in [7, 11) is 0. The Balaban J connectivity index is 1.96. The Morgan fingerprint density at radius 1 is 0.929 bits per heavy atom. The quantitative estimate of drug-likeness (QED) is 0.552. The predicted molar refractivity (Wildman–Crippen MR) is 90.1 cm³/mol. The zero-order valence-corrected chi connectivity index (χ0v) is 14.4. The molecule has 4 nitrogen and oxygen atoms in total.